The molecule has 19 heavy (non-hydrogen) atoms. The highest BCUT2D eigenvalue weighted by Gasteiger charge is 2.11. The third kappa shape index (κ3) is 3.57. The Balaban J connectivity index is 2.02. The maximum atomic E-state index is 5.81. The number of hydrogen-bond acceptors (Lipinski definition) is 3. The summed E-state index contributed by atoms with van der Waals surface area (Å²) in [7, 11) is 0. The Morgan fingerprint density at radius 3 is 2.79 bits per heavy atom. The number of rotatable bonds is 7. The Morgan fingerprint density at radius 1 is 1.26 bits per heavy atom. The molecule has 0 saturated heterocycles. The van der Waals surface area contributed by atoms with Crippen LogP contribution >= 0.6 is 0 Å². The quantitative estimate of drug-likeness (QED) is 0.823. The second kappa shape index (κ2) is 6.71. The van der Waals surface area contributed by atoms with Gasteiger partial charge in [-0.2, -0.15) is 0 Å². The highest BCUT2D eigenvalue weighted by molar-refractivity contribution is 5.76. The smallest absolute Gasteiger partial charge is 0.195 e. The van der Waals surface area contributed by atoms with Crippen molar-refractivity contribution in [2.75, 3.05) is 6.54 Å². The van der Waals surface area contributed by atoms with E-state index >= 15 is 0 Å². The zero-order valence-corrected chi connectivity index (χ0v) is 12.0. The van der Waals surface area contributed by atoms with Gasteiger partial charge in [0.05, 0.1) is 0 Å². The molecule has 0 spiro atoms. The maximum Gasteiger partial charge on any atom is 0.195 e. The third-order valence-corrected chi connectivity index (χ3v) is 3.70. The van der Waals surface area contributed by atoms with Gasteiger partial charge < -0.3 is 10.2 Å². The second-order valence-corrected chi connectivity index (χ2v) is 5.30. The minimum absolute atomic E-state index is 0.700. The molecule has 1 unspecified atom stereocenters. The number of aryl methyl sites for hydroxylation is 2. The van der Waals surface area contributed by atoms with Crippen LogP contribution in [-0.2, 0) is 6.42 Å². The number of oxazole rings is 1. The fourth-order valence-corrected chi connectivity index (χ4v) is 2.64. The third-order valence-electron chi connectivity index (χ3n) is 3.70. The molecule has 1 atom stereocenters. The molecule has 2 N–H and O–H groups in total. The molecule has 0 fully saturated rings. The van der Waals surface area contributed by atoms with Crippen molar-refractivity contribution in [3.63, 3.8) is 0 Å². The number of hydrogen-bond donors (Lipinski definition) is 1. The predicted molar refractivity (Wildman–Crippen MR) is 79.1 cm³/mol. The fourth-order valence-electron chi connectivity index (χ4n) is 2.64. The zero-order valence-electron chi connectivity index (χ0n) is 12.0. The lowest BCUT2D eigenvalue weighted by Gasteiger charge is -2.13. The topological polar surface area (TPSA) is 52.0 Å². The van der Waals surface area contributed by atoms with Gasteiger partial charge in [-0.05, 0) is 43.9 Å². The molecule has 0 bridgehead atoms. The first kappa shape index (κ1) is 14.1. The Hall–Kier alpha value is -1.35. The van der Waals surface area contributed by atoms with Crippen LogP contribution in [0.3, 0.4) is 0 Å². The molecule has 1 aromatic carbocycles. The van der Waals surface area contributed by atoms with Crippen molar-refractivity contribution in [1.29, 1.82) is 0 Å². The first-order valence-electron chi connectivity index (χ1n) is 7.29. The number of fused-ring (bicyclic) bond motifs is 1. The van der Waals surface area contributed by atoms with Crippen LogP contribution in [0.15, 0.2) is 22.6 Å². The van der Waals surface area contributed by atoms with Gasteiger partial charge in [0.2, 0.25) is 0 Å². The number of nitrogens with zero attached hydrogens (tertiary/aromatic N) is 1. The molecular weight excluding hydrogens is 236 g/mol. The molecular formula is C16H24N2O. The van der Waals surface area contributed by atoms with Crippen LogP contribution < -0.4 is 5.73 Å². The lowest BCUT2D eigenvalue weighted by atomic mass is 9.94. The first-order chi connectivity index (χ1) is 9.24. The van der Waals surface area contributed by atoms with E-state index in [4.69, 9.17) is 10.2 Å². The van der Waals surface area contributed by atoms with Gasteiger partial charge in [-0.3, -0.25) is 0 Å². The van der Waals surface area contributed by atoms with Gasteiger partial charge in [-0.25, -0.2) is 4.98 Å². The summed E-state index contributed by atoms with van der Waals surface area (Å²) in [6.45, 7) is 5.08. The van der Waals surface area contributed by atoms with Crippen LogP contribution in [0.25, 0.3) is 11.1 Å². The highest BCUT2D eigenvalue weighted by atomic mass is 16.3. The summed E-state index contributed by atoms with van der Waals surface area (Å²) in [5, 5.41) is 0. The van der Waals surface area contributed by atoms with Crippen LogP contribution in [0.1, 0.15) is 44.1 Å². The van der Waals surface area contributed by atoms with E-state index < -0.39 is 0 Å². The van der Waals surface area contributed by atoms with E-state index in [-0.39, 0.29) is 0 Å². The first-order valence-corrected chi connectivity index (χ1v) is 7.29. The monoisotopic (exact) mass is 260 g/mol. The molecule has 3 heteroatoms. The minimum Gasteiger partial charge on any atom is -0.441 e. The zero-order chi connectivity index (χ0) is 13.7. The molecule has 104 valence electrons. The van der Waals surface area contributed by atoms with Crippen molar-refractivity contribution in [2.24, 2.45) is 11.7 Å². The summed E-state index contributed by atoms with van der Waals surface area (Å²) in [6.07, 6.45) is 5.61. The van der Waals surface area contributed by atoms with Gasteiger partial charge in [-0.15, -0.1) is 0 Å². The molecule has 3 nitrogen and oxygen atoms in total. The normalized spacial score (nSPS) is 13.0. The van der Waals surface area contributed by atoms with Gasteiger partial charge in [0, 0.05) is 6.42 Å². The summed E-state index contributed by atoms with van der Waals surface area (Å²) in [5.41, 5.74) is 8.76. The van der Waals surface area contributed by atoms with E-state index in [1.165, 1.54) is 18.4 Å². The summed E-state index contributed by atoms with van der Waals surface area (Å²) in [4.78, 5) is 4.61. The Labute approximate surface area is 115 Å². The molecule has 0 saturated carbocycles. The summed E-state index contributed by atoms with van der Waals surface area (Å²) < 4.78 is 5.81. The molecule has 0 aliphatic heterocycles. The predicted octanol–water partition coefficient (Wildman–Crippen LogP) is 3.83. The van der Waals surface area contributed by atoms with E-state index in [1.807, 2.05) is 12.1 Å². The highest BCUT2D eigenvalue weighted by Crippen LogP contribution is 2.22. The van der Waals surface area contributed by atoms with Gasteiger partial charge >= 0.3 is 0 Å². The van der Waals surface area contributed by atoms with Crippen molar-refractivity contribution in [3.8, 4) is 0 Å². The van der Waals surface area contributed by atoms with E-state index in [9.17, 15) is 0 Å². The largest absolute Gasteiger partial charge is 0.441 e. The number of benzene rings is 1. The van der Waals surface area contributed by atoms with Gasteiger partial charge in [0.1, 0.15) is 5.52 Å². The fraction of sp³-hybridized carbons (Fsp3) is 0.562. The molecule has 2 aromatic rings. The average molecular weight is 260 g/mol. The number of aromatic nitrogens is 1. The summed E-state index contributed by atoms with van der Waals surface area (Å²) in [5.74, 6) is 1.56. The second-order valence-electron chi connectivity index (χ2n) is 5.30. The molecule has 0 aliphatic carbocycles. The van der Waals surface area contributed by atoms with E-state index in [1.54, 1.807) is 0 Å². The van der Waals surface area contributed by atoms with Crippen LogP contribution in [0.5, 0.6) is 0 Å². The van der Waals surface area contributed by atoms with E-state index in [0.29, 0.717) is 5.92 Å². The minimum atomic E-state index is 0.700. The van der Waals surface area contributed by atoms with Crippen LogP contribution in [0.4, 0.5) is 0 Å². The van der Waals surface area contributed by atoms with Gasteiger partial charge in [0.15, 0.2) is 11.5 Å². The molecule has 0 amide bonds. The van der Waals surface area contributed by atoms with Crippen molar-refractivity contribution < 1.29 is 4.42 Å². The van der Waals surface area contributed by atoms with Crippen LogP contribution in [0, 0.1) is 12.8 Å². The van der Waals surface area contributed by atoms with Gasteiger partial charge in [-0.1, -0.05) is 31.9 Å². The lowest BCUT2D eigenvalue weighted by molar-refractivity contribution is 0.398. The molecule has 1 heterocycles. The molecule has 0 radical (unpaired) electrons. The Kier molecular flexibility index (Phi) is 4.97. The van der Waals surface area contributed by atoms with E-state index in [0.717, 1.165) is 42.8 Å². The average Bonchev–Trinajstić information content (AvgIpc) is 2.81. The standard InChI is InChI=1S/C16H24N2O/c1-3-5-13(10-11-17)8-9-15-18-16-12(2)6-4-7-14(16)19-15/h4,6-7,13H,3,5,8-11,17H2,1-2H3. The molecule has 2 rings (SSSR count). The van der Waals surface area contributed by atoms with Crippen molar-refractivity contribution in [2.45, 2.75) is 46.0 Å². The van der Waals surface area contributed by atoms with Crippen molar-refractivity contribution in [1.82, 2.24) is 4.98 Å². The summed E-state index contributed by atoms with van der Waals surface area (Å²) in [6, 6.07) is 6.08. The lowest BCUT2D eigenvalue weighted by Crippen LogP contribution is -2.09. The number of nitrogens with two attached hydrogens (primary N) is 1. The maximum absolute atomic E-state index is 5.81. The molecule has 1 aromatic heterocycles. The van der Waals surface area contributed by atoms with E-state index in [2.05, 4.69) is 24.9 Å². The SMILES string of the molecule is CCCC(CCN)CCc1nc2c(C)cccc2o1. The molecule has 0 aliphatic rings. The summed E-state index contributed by atoms with van der Waals surface area (Å²) >= 11 is 0. The van der Waals surface area contributed by atoms with Crippen LogP contribution in [-0.4, -0.2) is 11.5 Å². The van der Waals surface area contributed by atoms with Crippen molar-refractivity contribution >= 4 is 11.1 Å². The van der Waals surface area contributed by atoms with Crippen molar-refractivity contribution in [3.05, 3.63) is 29.7 Å². The van der Waals surface area contributed by atoms with Gasteiger partial charge in [0.25, 0.3) is 0 Å². The number of para-hydroxylation sites is 1. The Bertz CT molecular complexity index is 512. The Morgan fingerprint density at radius 2 is 2.11 bits per heavy atom. The van der Waals surface area contributed by atoms with Crippen LogP contribution in [0.2, 0.25) is 0 Å².